The molecule has 0 N–H and O–H groups in total. The molecule has 0 aromatic carbocycles. The molecule has 0 radical (unpaired) electrons. The number of hydrogen-bond acceptors (Lipinski definition) is 5. The first kappa shape index (κ1) is 16.6. The third-order valence-corrected chi connectivity index (χ3v) is 5.78. The fourth-order valence-corrected chi connectivity index (χ4v) is 4.10. The molecule has 3 rings (SSSR count). The second kappa shape index (κ2) is 7.55. The van der Waals surface area contributed by atoms with Crippen LogP contribution < -0.4 is 0 Å². The highest BCUT2D eigenvalue weighted by Gasteiger charge is 2.26. The first-order chi connectivity index (χ1) is 11.2. The molecule has 5 nitrogen and oxygen atoms in total. The monoisotopic (exact) mass is 333 g/mol. The molecular formula is C17H27N5S. The number of hydrogen-bond donors (Lipinski definition) is 0. The molecule has 0 unspecified atom stereocenters. The van der Waals surface area contributed by atoms with Gasteiger partial charge in [-0.05, 0) is 51.7 Å². The van der Waals surface area contributed by atoms with Gasteiger partial charge in [0, 0.05) is 30.6 Å². The van der Waals surface area contributed by atoms with Crippen molar-refractivity contribution in [2.75, 3.05) is 26.7 Å². The van der Waals surface area contributed by atoms with Gasteiger partial charge >= 0.3 is 0 Å². The lowest BCUT2D eigenvalue weighted by atomic mass is 10.2. The van der Waals surface area contributed by atoms with Crippen LogP contribution in [0.1, 0.15) is 29.9 Å². The van der Waals surface area contributed by atoms with Crippen molar-refractivity contribution in [3.8, 4) is 0 Å². The van der Waals surface area contributed by atoms with E-state index in [4.69, 9.17) is 0 Å². The maximum Gasteiger partial charge on any atom is 0.147 e. The molecule has 2 aromatic rings. The summed E-state index contributed by atoms with van der Waals surface area (Å²) in [6, 6.07) is 5.01. The van der Waals surface area contributed by atoms with Crippen LogP contribution >= 0.6 is 11.3 Å². The summed E-state index contributed by atoms with van der Waals surface area (Å²) in [5, 5.41) is 10.7. The highest BCUT2D eigenvalue weighted by Crippen LogP contribution is 2.18. The van der Waals surface area contributed by atoms with Gasteiger partial charge in [0.1, 0.15) is 11.6 Å². The molecule has 2 aromatic heterocycles. The molecule has 0 spiro atoms. The van der Waals surface area contributed by atoms with Gasteiger partial charge in [-0.2, -0.15) is 0 Å². The van der Waals surface area contributed by atoms with Crippen LogP contribution in [0.15, 0.2) is 17.5 Å². The summed E-state index contributed by atoms with van der Waals surface area (Å²) in [5.41, 5.74) is 0. The van der Waals surface area contributed by atoms with Gasteiger partial charge in [0.05, 0.1) is 6.54 Å². The zero-order valence-corrected chi connectivity index (χ0v) is 15.2. The number of rotatable bonds is 7. The SMILES string of the molecule is CCn1c(C)nnc1CN(C)[C@@H]1CCN(CCc2cccs2)C1. The van der Waals surface area contributed by atoms with Crippen LogP contribution in [-0.4, -0.2) is 57.3 Å². The summed E-state index contributed by atoms with van der Waals surface area (Å²) >= 11 is 1.87. The highest BCUT2D eigenvalue weighted by molar-refractivity contribution is 7.09. The summed E-state index contributed by atoms with van der Waals surface area (Å²) in [4.78, 5) is 6.53. The summed E-state index contributed by atoms with van der Waals surface area (Å²) in [7, 11) is 2.22. The smallest absolute Gasteiger partial charge is 0.147 e. The number of likely N-dealkylation sites (tertiary alicyclic amines) is 1. The Bertz CT molecular complexity index is 607. The maximum absolute atomic E-state index is 4.35. The molecule has 1 aliphatic heterocycles. The lowest BCUT2D eigenvalue weighted by molar-refractivity contribution is 0.218. The molecule has 126 valence electrons. The standard InChI is InChI=1S/C17H27N5S/c1-4-22-14(2)18-19-17(22)13-20(3)15-7-9-21(12-15)10-8-16-6-5-11-23-16/h5-6,11,15H,4,7-10,12-13H2,1-3H3/t15-/m1/s1. The van der Waals surface area contributed by atoms with Gasteiger partial charge in [-0.3, -0.25) is 4.90 Å². The molecular weight excluding hydrogens is 306 g/mol. The molecule has 0 bridgehead atoms. The zero-order valence-electron chi connectivity index (χ0n) is 14.4. The maximum atomic E-state index is 4.35. The minimum atomic E-state index is 0.626. The summed E-state index contributed by atoms with van der Waals surface area (Å²) in [6.07, 6.45) is 2.43. The zero-order chi connectivity index (χ0) is 16.2. The predicted octanol–water partition coefficient (Wildman–Crippen LogP) is 2.42. The van der Waals surface area contributed by atoms with E-state index in [9.17, 15) is 0 Å². The minimum Gasteiger partial charge on any atom is -0.314 e. The lowest BCUT2D eigenvalue weighted by Gasteiger charge is -2.24. The molecule has 0 amide bonds. The highest BCUT2D eigenvalue weighted by atomic mass is 32.1. The van der Waals surface area contributed by atoms with Crippen molar-refractivity contribution in [1.29, 1.82) is 0 Å². The Morgan fingerprint density at radius 1 is 1.39 bits per heavy atom. The third kappa shape index (κ3) is 4.00. The first-order valence-electron chi connectivity index (χ1n) is 8.51. The second-order valence-electron chi connectivity index (χ2n) is 6.40. The number of thiophene rings is 1. The lowest BCUT2D eigenvalue weighted by Crippen LogP contribution is -2.35. The van der Waals surface area contributed by atoms with E-state index in [-0.39, 0.29) is 0 Å². The number of aromatic nitrogens is 3. The van der Waals surface area contributed by atoms with Crippen LogP contribution in [0.25, 0.3) is 0 Å². The van der Waals surface area contributed by atoms with Crippen LogP contribution in [0.3, 0.4) is 0 Å². The summed E-state index contributed by atoms with van der Waals surface area (Å²) in [5.74, 6) is 2.10. The van der Waals surface area contributed by atoms with Gasteiger partial charge < -0.3 is 9.47 Å². The molecule has 1 fully saturated rings. The van der Waals surface area contributed by atoms with E-state index in [2.05, 4.69) is 56.0 Å². The van der Waals surface area contributed by atoms with E-state index in [1.54, 1.807) is 0 Å². The van der Waals surface area contributed by atoms with Gasteiger partial charge in [-0.1, -0.05) is 6.07 Å². The molecule has 23 heavy (non-hydrogen) atoms. The molecule has 3 heterocycles. The Morgan fingerprint density at radius 3 is 3.00 bits per heavy atom. The molecule has 1 saturated heterocycles. The van der Waals surface area contributed by atoms with E-state index in [0.717, 1.165) is 24.7 Å². The van der Waals surface area contributed by atoms with E-state index in [1.165, 1.54) is 37.4 Å². The van der Waals surface area contributed by atoms with Crippen molar-refractivity contribution in [2.45, 2.75) is 45.8 Å². The third-order valence-electron chi connectivity index (χ3n) is 4.84. The number of nitrogens with zero attached hydrogens (tertiary/aromatic N) is 5. The van der Waals surface area contributed by atoms with Gasteiger partial charge in [0.25, 0.3) is 0 Å². The number of aryl methyl sites for hydroxylation is 1. The van der Waals surface area contributed by atoms with E-state index in [0.29, 0.717) is 6.04 Å². The molecule has 6 heteroatoms. The quantitative estimate of drug-likeness (QED) is 0.780. The minimum absolute atomic E-state index is 0.626. The van der Waals surface area contributed by atoms with E-state index in [1.807, 2.05) is 18.3 Å². The van der Waals surface area contributed by atoms with Gasteiger partial charge in [-0.15, -0.1) is 21.5 Å². The molecule has 1 aliphatic rings. The summed E-state index contributed by atoms with van der Waals surface area (Å²) < 4.78 is 2.21. The van der Waals surface area contributed by atoms with Crippen LogP contribution in [0.2, 0.25) is 0 Å². The van der Waals surface area contributed by atoms with Crippen molar-refractivity contribution in [3.05, 3.63) is 34.0 Å². The molecule has 0 aliphatic carbocycles. The van der Waals surface area contributed by atoms with Crippen molar-refractivity contribution in [3.63, 3.8) is 0 Å². The van der Waals surface area contributed by atoms with Crippen LogP contribution in [0, 0.1) is 6.92 Å². The Labute approximate surface area is 142 Å². The topological polar surface area (TPSA) is 37.2 Å². The van der Waals surface area contributed by atoms with Crippen LogP contribution in [-0.2, 0) is 19.5 Å². The van der Waals surface area contributed by atoms with Crippen molar-refractivity contribution in [1.82, 2.24) is 24.6 Å². The van der Waals surface area contributed by atoms with Crippen molar-refractivity contribution >= 4 is 11.3 Å². The Kier molecular flexibility index (Phi) is 5.46. The predicted molar refractivity (Wildman–Crippen MR) is 94.8 cm³/mol. The molecule has 1 atom stereocenters. The Balaban J connectivity index is 1.49. The Morgan fingerprint density at radius 2 is 2.26 bits per heavy atom. The number of likely N-dealkylation sites (N-methyl/N-ethyl adjacent to an activating group) is 1. The van der Waals surface area contributed by atoms with Gasteiger partial charge in [-0.25, -0.2) is 0 Å². The first-order valence-corrected chi connectivity index (χ1v) is 9.39. The Hall–Kier alpha value is -1.24. The van der Waals surface area contributed by atoms with Crippen molar-refractivity contribution in [2.24, 2.45) is 0 Å². The normalized spacial score (nSPS) is 19.0. The van der Waals surface area contributed by atoms with E-state index >= 15 is 0 Å². The van der Waals surface area contributed by atoms with Crippen LogP contribution in [0.5, 0.6) is 0 Å². The average molecular weight is 334 g/mol. The molecule has 0 saturated carbocycles. The van der Waals surface area contributed by atoms with Crippen molar-refractivity contribution < 1.29 is 0 Å². The van der Waals surface area contributed by atoms with Gasteiger partial charge in [0.15, 0.2) is 0 Å². The largest absolute Gasteiger partial charge is 0.314 e. The van der Waals surface area contributed by atoms with E-state index < -0.39 is 0 Å². The fourth-order valence-electron chi connectivity index (χ4n) is 3.40. The second-order valence-corrected chi connectivity index (χ2v) is 7.43. The fraction of sp³-hybridized carbons (Fsp3) is 0.647. The average Bonchev–Trinajstić information content (AvgIpc) is 3.26. The van der Waals surface area contributed by atoms with Gasteiger partial charge in [0.2, 0.25) is 0 Å². The van der Waals surface area contributed by atoms with Crippen LogP contribution in [0.4, 0.5) is 0 Å². The summed E-state index contributed by atoms with van der Waals surface area (Å²) in [6.45, 7) is 9.57.